The number of hydrogen-bond donors (Lipinski definition) is 2. The highest BCUT2D eigenvalue weighted by molar-refractivity contribution is 5.77. The van der Waals surface area contributed by atoms with Gasteiger partial charge in [-0.25, -0.2) is 0 Å². The van der Waals surface area contributed by atoms with E-state index in [0.717, 1.165) is 5.56 Å². The summed E-state index contributed by atoms with van der Waals surface area (Å²) in [7, 11) is 0. The van der Waals surface area contributed by atoms with Gasteiger partial charge in [-0.2, -0.15) is 13.2 Å². The number of rotatable bonds is 8. The van der Waals surface area contributed by atoms with E-state index in [1.165, 1.54) is 0 Å². The van der Waals surface area contributed by atoms with Gasteiger partial charge in [0.25, 0.3) is 0 Å². The molecule has 1 heterocycles. The molecule has 0 aromatic heterocycles. The maximum Gasteiger partial charge on any atom is 0.390 e. The molecule has 5 nitrogen and oxygen atoms in total. The summed E-state index contributed by atoms with van der Waals surface area (Å²) >= 11 is 0. The number of carbonyl (C=O) groups is 1. The number of nitrogens with one attached hydrogen (secondary N) is 1. The van der Waals surface area contributed by atoms with E-state index in [9.17, 15) is 23.1 Å². The Bertz CT molecular complexity index is 670. The Morgan fingerprint density at radius 3 is 2.71 bits per heavy atom. The fourth-order valence-electron chi connectivity index (χ4n) is 4.62. The van der Waals surface area contributed by atoms with Gasteiger partial charge >= 0.3 is 6.18 Å². The van der Waals surface area contributed by atoms with Crippen LogP contribution in [0.4, 0.5) is 13.2 Å². The second-order valence-corrected chi connectivity index (χ2v) is 7.66. The first-order valence-corrected chi connectivity index (χ1v) is 9.64. The van der Waals surface area contributed by atoms with Crippen LogP contribution < -0.4 is 5.32 Å². The van der Waals surface area contributed by atoms with Crippen molar-refractivity contribution in [1.29, 1.82) is 0 Å². The second kappa shape index (κ2) is 8.39. The van der Waals surface area contributed by atoms with Gasteiger partial charge in [0.1, 0.15) is 6.61 Å². The molecule has 1 aromatic rings. The molecule has 1 saturated heterocycles. The molecule has 2 N–H and O–H groups in total. The quantitative estimate of drug-likeness (QED) is 0.702. The number of amides is 1. The van der Waals surface area contributed by atoms with Crippen LogP contribution in [0.2, 0.25) is 0 Å². The Hall–Kier alpha value is -1.64. The van der Waals surface area contributed by atoms with E-state index in [1.807, 2.05) is 30.3 Å². The lowest BCUT2D eigenvalue weighted by molar-refractivity contribution is -0.137. The highest BCUT2D eigenvalue weighted by Gasteiger charge is 2.70. The lowest BCUT2D eigenvalue weighted by Crippen LogP contribution is -2.32. The summed E-state index contributed by atoms with van der Waals surface area (Å²) in [5, 5.41) is 13.6. The lowest BCUT2D eigenvalue weighted by Gasteiger charge is -2.17. The summed E-state index contributed by atoms with van der Waals surface area (Å²) in [6.07, 6.45) is -5.82. The molecule has 1 amide bonds. The molecule has 1 aliphatic heterocycles. The van der Waals surface area contributed by atoms with Crippen molar-refractivity contribution in [2.75, 3.05) is 39.4 Å². The second-order valence-electron chi connectivity index (χ2n) is 7.66. The standard InChI is InChI=1S/C20H27F3N2O3/c1-2-28-12-17(27)24-10-15-18(14-6-4-3-5-7-14)19(15)13-25(11-16(19)26)9-8-20(21,22)23/h3-7,15-16,18,26H,2,8-13H2,1H3,(H,24,27)/t15-,16-,18-,19-/m1/s1. The monoisotopic (exact) mass is 400 g/mol. The van der Waals surface area contributed by atoms with Crippen LogP contribution >= 0.6 is 0 Å². The van der Waals surface area contributed by atoms with Crippen LogP contribution in [0.1, 0.15) is 24.8 Å². The number of aliphatic hydroxyl groups excluding tert-OH is 1. The van der Waals surface area contributed by atoms with Gasteiger partial charge in [-0.1, -0.05) is 30.3 Å². The third-order valence-corrected chi connectivity index (χ3v) is 5.94. The first-order chi connectivity index (χ1) is 13.3. The van der Waals surface area contributed by atoms with Gasteiger partial charge in [0.05, 0.1) is 12.5 Å². The maximum absolute atomic E-state index is 12.6. The molecule has 1 aliphatic carbocycles. The highest BCUT2D eigenvalue weighted by atomic mass is 19.4. The summed E-state index contributed by atoms with van der Waals surface area (Å²) in [5.41, 5.74) is 0.523. The minimum absolute atomic E-state index is 0.00646. The van der Waals surface area contributed by atoms with Gasteiger partial charge < -0.3 is 15.2 Å². The normalized spacial score (nSPS) is 30.0. The van der Waals surface area contributed by atoms with Crippen molar-refractivity contribution in [3.05, 3.63) is 35.9 Å². The third kappa shape index (κ3) is 4.50. The van der Waals surface area contributed by atoms with Crippen molar-refractivity contribution >= 4 is 5.91 Å². The summed E-state index contributed by atoms with van der Waals surface area (Å²) in [4.78, 5) is 13.6. The average Bonchev–Trinajstić information content (AvgIpc) is 3.18. The number of aliphatic hydroxyl groups is 1. The number of β-amino-alcohol motifs (C(OH)–C–C–N with tert-alkyl or cyclic N) is 1. The zero-order chi connectivity index (χ0) is 20.4. The molecular weight excluding hydrogens is 373 g/mol. The van der Waals surface area contributed by atoms with Gasteiger partial charge in [0, 0.05) is 38.2 Å². The van der Waals surface area contributed by atoms with E-state index in [-0.39, 0.29) is 37.4 Å². The molecule has 1 aromatic carbocycles. The van der Waals surface area contributed by atoms with Crippen LogP contribution in [0.5, 0.6) is 0 Å². The van der Waals surface area contributed by atoms with Crippen molar-refractivity contribution in [1.82, 2.24) is 10.2 Å². The van der Waals surface area contributed by atoms with Crippen molar-refractivity contribution in [2.24, 2.45) is 11.3 Å². The van der Waals surface area contributed by atoms with Crippen LogP contribution in [0, 0.1) is 11.3 Å². The van der Waals surface area contributed by atoms with E-state index < -0.39 is 24.1 Å². The summed E-state index contributed by atoms with van der Waals surface area (Å²) < 4.78 is 42.9. The Balaban J connectivity index is 1.70. The van der Waals surface area contributed by atoms with Crippen LogP contribution in [0.15, 0.2) is 30.3 Å². The molecule has 2 aliphatic rings. The molecule has 0 bridgehead atoms. The van der Waals surface area contributed by atoms with Crippen LogP contribution in [-0.4, -0.2) is 67.6 Å². The average molecular weight is 400 g/mol. The largest absolute Gasteiger partial charge is 0.391 e. The molecule has 156 valence electrons. The topological polar surface area (TPSA) is 61.8 Å². The molecule has 3 rings (SSSR count). The van der Waals surface area contributed by atoms with Crippen molar-refractivity contribution in [2.45, 2.75) is 31.5 Å². The van der Waals surface area contributed by atoms with Gasteiger partial charge in [-0.05, 0) is 24.3 Å². The lowest BCUT2D eigenvalue weighted by atomic mass is 9.95. The molecule has 28 heavy (non-hydrogen) atoms. The summed E-state index contributed by atoms with van der Waals surface area (Å²) in [5.74, 6) is -0.240. The van der Waals surface area contributed by atoms with Gasteiger partial charge in [0.2, 0.25) is 5.91 Å². The van der Waals surface area contributed by atoms with E-state index in [1.54, 1.807) is 11.8 Å². The molecule has 1 spiro atoms. The Labute approximate surface area is 162 Å². The molecule has 0 radical (unpaired) electrons. The van der Waals surface area contributed by atoms with E-state index in [2.05, 4.69) is 5.32 Å². The predicted molar refractivity (Wildman–Crippen MR) is 97.7 cm³/mol. The van der Waals surface area contributed by atoms with E-state index in [4.69, 9.17) is 4.74 Å². The Kier molecular flexibility index (Phi) is 6.31. The number of benzene rings is 1. The fourth-order valence-corrected chi connectivity index (χ4v) is 4.62. The van der Waals surface area contributed by atoms with Gasteiger partial charge in [-0.15, -0.1) is 0 Å². The first kappa shape index (κ1) is 21.1. The number of alkyl halides is 3. The molecule has 8 heteroatoms. The van der Waals surface area contributed by atoms with Crippen LogP contribution in [-0.2, 0) is 9.53 Å². The van der Waals surface area contributed by atoms with Crippen molar-refractivity contribution < 1.29 is 27.8 Å². The van der Waals surface area contributed by atoms with E-state index in [0.29, 0.717) is 19.7 Å². The summed E-state index contributed by atoms with van der Waals surface area (Å²) in [6, 6.07) is 9.67. The van der Waals surface area contributed by atoms with Crippen LogP contribution in [0.25, 0.3) is 0 Å². The molecule has 0 unspecified atom stereocenters. The fraction of sp³-hybridized carbons (Fsp3) is 0.650. The number of halogens is 3. The van der Waals surface area contributed by atoms with Crippen molar-refractivity contribution in [3.63, 3.8) is 0 Å². The predicted octanol–water partition coefficient (Wildman–Crippen LogP) is 2.17. The minimum Gasteiger partial charge on any atom is -0.391 e. The Morgan fingerprint density at radius 2 is 2.07 bits per heavy atom. The summed E-state index contributed by atoms with van der Waals surface area (Å²) in [6.45, 7) is 3.10. The minimum atomic E-state index is -4.21. The number of hydrogen-bond acceptors (Lipinski definition) is 4. The zero-order valence-corrected chi connectivity index (χ0v) is 15.9. The number of nitrogens with zero attached hydrogens (tertiary/aromatic N) is 1. The third-order valence-electron chi connectivity index (χ3n) is 5.94. The number of likely N-dealkylation sites (tertiary alicyclic amines) is 1. The Morgan fingerprint density at radius 1 is 1.36 bits per heavy atom. The number of ether oxygens (including phenoxy) is 1. The molecule has 2 fully saturated rings. The van der Waals surface area contributed by atoms with Gasteiger partial charge in [0.15, 0.2) is 0 Å². The number of carbonyl (C=O) groups excluding carboxylic acids is 1. The smallest absolute Gasteiger partial charge is 0.390 e. The van der Waals surface area contributed by atoms with Crippen molar-refractivity contribution in [3.8, 4) is 0 Å². The molecular formula is C20H27F3N2O3. The zero-order valence-electron chi connectivity index (χ0n) is 15.9. The van der Waals surface area contributed by atoms with Crippen LogP contribution in [0.3, 0.4) is 0 Å². The first-order valence-electron chi connectivity index (χ1n) is 9.64. The molecule has 1 saturated carbocycles. The van der Waals surface area contributed by atoms with E-state index >= 15 is 0 Å². The SMILES string of the molecule is CCOCC(=O)NC[C@@H]1[C@@H](c2ccccc2)[C@]12CN(CCC(F)(F)F)C[C@H]2O. The highest BCUT2D eigenvalue weighted by Crippen LogP contribution is 2.68. The van der Waals surface area contributed by atoms with Gasteiger partial charge in [-0.3, -0.25) is 9.69 Å². The maximum atomic E-state index is 12.6. The molecule has 4 atom stereocenters.